The Labute approximate surface area is 90.3 Å². The zero-order chi connectivity index (χ0) is 10.7. The van der Waals surface area contributed by atoms with Gasteiger partial charge in [0.15, 0.2) is 0 Å². The van der Waals surface area contributed by atoms with E-state index in [9.17, 15) is 0 Å². The molecule has 0 amide bonds. The summed E-state index contributed by atoms with van der Waals surface area (Å²) in [4.78, 5) is 0. The normalized spacial score (nSPS) is 18.0. The van der Waals surface area contributed by atoms with E-state index < -0.39 is 0 Å². The van der Waals surface area contributed by atoms with Crippen molar-refractivity contribution < 1.29 is 5.11 Å². The van der Waals surface area contributed by atoms with Gasteiger partial charge in [0.05, 0.1) is 6.20 Å². The molecule has 0 unspecified atom stereocenters. The van der Waals surface area contributed by atoms with E-state index in [1.807, 2.05) is 24.1 Å². The maximum Gasteiger partial charge on any atom is 0.0534 e. The second kappa shape index (κ2) is 4.33. The number of hydrogen-bond acceptors (Lipinski definition) is 3. The zero-order valence-electron chi connectivity index (χ0n) is 9.24. The quantitative estimate of drug-likeness (QED) is 0.724. The van der Waals surface area contributed by atoms with E-state index in [1.54, 1.807) is 0 Å². The van der Waals surface area contributed by atoms with Gasteiger partial charge >= 0.3 is 0 Å². The van der Waals surface area contributed by atoms with Crippen LogP contribution in [-0.2, 0) is 13.6 Å². The molecule has 0 aromatic carbocycles. The predicted molar refractivity (Wildman–Crippen MR) is 58.3 cm³/mol. The van der Waals surface area contributed by atoms with Crippen LogP contribution in [-0.4, -0.2) is 28.0 Å². The molecule has 1 aliphatic carbocycles. The second-order valence-electron chi connectivity index (χ2n) is 4.60. The Morgan fingerprint density at radius 3 is 2.93 bits per heavy atom. The van der Waals surface area contributed by atoms with Crippen LogP contribution in [0.5, 0.6) is 0 Å². The molecule has 0 saturated heterocycles. The molecule has 1 aromatic heterocycles. The SMILES string of the molecule is Cn1cc(CNCC2(CCO)CC2)cn1. The molecule has 1 aromatic rings. The number of aliphatic hydroxyl groups is 1. The molecule has 4 nitrogen and oxygen atoms in total. The van der Waals surface area contributed by atoms with Crippen LogP contribution in [0.2, 0.25) is 0 Å². The third-order valence-electron chi connectivity index (χ3n) is 3.19. The number of aliphatic hydroxyl groups excluding tert-OH is 1. The topological polar surface area (TPSA) is 50.1 Å². The van der Waals surface area contributed by atoms with Gasteiger partial charge in [0.1, 0.15) is 0 Å². The monoisotopic (exact) mass is 209 g/mol. The number of aromatic nitrogens is 2. The highest BCUT2D eigenvalue weighted by Gasteiger charge is 2.41. The van der Waals surface area contributed by atoms with Crippen molar-refractivity contribution >= 4 is 0 Å². The summed E-state index contributed by atoms with van der Waals surface area (Å²) in [5, 5.41) is 16.5. The first-order valence-corrected chi connectivity index (χ1v) is 5.53. The second-order valence-corrected chi connectivity index (χ2v) is 4.60. The minimum Gasteiger partial charge on any atom is -0.396 e. The van der Waals surface area contributed by atoms with Gasteiger partial charge in [-0.05, 0) is 24.7 Å². The third kappa shape index (κ3) is 2.79. The lowest BCUT2D eigenvalue weighted by atomic mass is 10.0. The Bertz CT molecular complexity index is 317. The van der Waals surface area contributed by atoms with Gasteiger partial charge in [-0.2, -0.15) is 5.10 Å². The van der Waals surface area contributed by atoms with Crippen LogP contribution in [0, 0.1) is 5.41 Å². The molecule has 0 atom stereocenters. The largest absolute Gasteiger partial charge is 0.396 e. The van der Waals surface area contributed by atoms with E-state index in [1.165, 1.54) is 18.4 Å². The van der Waals surface area contributed by atoms with Crippen LogP contribution in [0.3, 0.4) is 0 Å². The minimum absolute atomic E-state index is 0.314. The fourth-order valence-electron chi connectivity index (χ4n) is 1.96. The molecule has 0 bridgehead atoms. The van der Waals surface area contributed by atoms with Crippen molar-refractivity contribution in [3.05, 3.63) is 18.0 Å². The molecule has 2 rings (SSSR count). The van der Waals surface area contributed by atoms with Gasteiger partial charge in [0.2, 0.25) is 0 Å². The van der Waals surface area contributed by atoms with Gasteiger partial charge in [0.25, 0.3) is 0 Å². The van der Waals surface area contributed by atoms with Crippen molar-refractivity contribution in [2.75, 3.05) is 13.2 Å². The number of nitrogens with one attached hydrogen (secondary N) is 1. The molecule has 1 saturated carbocycles. The molecule has 0 aliphatic heterocycles. The van der Waals surface area contributed by atoms with E-state index in [4.69, 9.17) is 5.11 Å². The molecule has 4 heteroatoms. The fourth-order valence-corrected chi connectivity index (χ4v) is 1.96. The lowest BCUT2D eigenvalue weighted by molar-refractivity contribution is 0.245. The van der Waals surface area contributed by atoms with Crippen molar-refractivity contribution in [3.63, 3.8) is 0 Å². The van der Waals surface area contributed by atoms with Crippen LogP contribution < -0.4 is 5.32 Å². The first-order chi connectivity index (χ1) is 7.24. The molecule has 1 fully saturated rings. The van der Waals surface area contributed by atoms with Gasteiger partial charge in [-0.3, -0.25) is 4.68 Å². The smallest absolute Gasteiger partial charge is 0.0534 e. The van der Waals surface area contributed by atoms with Gasteiger partial charge in [-0.15, -0.1) is 0 Å². The van der Waals surface area contributed by atoms with Crippen LogP contribution in [0.25, 0.3) is 0 Å². The fraction of sp³-hybridized carbons (Fsp3) is 0.727. The van der Waals surface area contributed by atoms with E-state index in [0.29, 0.717) is 12.0 Å². The summed E-state index contributed by atoms with van der Waals surface area (Å²) in [5.41, 5.74) is 1.62. The van der Waals surface area contributed by atoms with Crippen molar-refractivity contribution in [3.8, 4) is 0 Å². The van der Waals surface area contributed by atoms with Crippen molar-refractivity contribution in [2.45, 2.75) is 25.8 Å². The van der Waals surface area contributed by atoms with Gasteiger partial charge in [0, 0.05) is 38.5 Å². The molecule has 0 spiro atoms. The summed E-state index contributed by atoms with van der Waals surface area (Å²) in [5.74, 6) is 0. The maximum absolute atomic E-state index is 8.92. The first kappa shape index (κ1) is 10.6. The molecule has 0 radical (unpaired) electrons. The minimum atomic E-state index is 0.314. The molecule has 15 heavy (non-hydrogen) atoms. The summed E-state index contributed by atoms with van der Waals surface area (Å²) < 4.78 is 1.82. The summed E-state index contributed by atoms with van der Waals surface area (Å²) in [7, 11) is 1.93. The number of hydrogen-bond donors (Lipinski definition) is 2. The van der Waals surface area contributed by atoms with Crippen LogP contribution >= 0.6 is 0 Å². The summed E-state index contributed by atoms with van der Waals surface area (Å²) in [6, 6.07) is 0. The molecule has 1 aliphatic rings. The first-order valence-electron chi connectivity index (χ1n) is 5.53. The van der Waals surface area contributed by atoms with E-state index in [0.717, 1.165) is 19.5 Å². The summed E-state index contributed by atoms with van der Waals surface area (Å²) >= 11 is 0. The Balaban J connectivity index is 1.71. The highest BCUT2D eigenvalue weighted by molar-refractivity contribution is 5.03. The van der Waals surface area contributed by atoms with Crippen molar-refractivity contribution in [1.29, 1.82) is 0 Å². The van der Waals surface area contributed by atoms with Gasteiger partial charge < -0.3 is 10.4 Å². The number of rotatable bonds is 6. The number of nitrogens with zero attached hydrogens (tertiary/aromatic N) is 2. The van der Waals surface area contributed by atoms with E-state index >= 15 is 0 Å². The Morgan fingerprint density at radius 2 is 2.40 bits per heavy atom. The van der Waals surface area contributed by atoms with Crippen molar-refractivity contribution in [2.24, 2.45) is 12.5 Å². The predicted octanol–water partition coefficient (Wildman–Crippen LogP) is 0.672. The van der Waals surface area contributed by atoms with Gasteiger partial charge in [-0.25, -0.2) is 0 Å². The standard InChI is InChI=1S/C11H19N3O/c1-14-8-10(7-13-14)6-12-9-11(2-3-11)4-5-15/h7-8,12,15H,2-6,9H2,1H3. The van der Waals surface area contributed by atoms with Crippen LogP contribution in [0.1, 0.15) is 24.8 Å². The van der Waals surface area contributed by atoms with E-state index in [2.05, 4.69) is 10.4 Å². The van der Waals surface area contributed by atoms with E-state index in [-0.39, 0.29) is 0 Å². The highest BCUT2D eigenvalue weighted by Crippen LogP contribution is 2.47. The molecular formula is C11H19N3O. The Hall–Kier alpha value is -0.870. The summed E-state index contributed by atoms with van der Waals surface area (Å²) in [6.45, 7) is 2.21. The van der Waals surface area contributed by atoms with Crippen molar-refractivity contribution in [1.82, 2.24) is 15.1 Å². The molecule has 84 valence electrons. The lowest BCUT2D eigenvalue weighted by Gasteiger charge is -2.13. The zero-order valence-corrected chi connectivity index (χ0v) is 9.24. The maximum atomic E-state index is 8.92. The average Bonchev–Trinajstić information content (AvgIpc) is 2.83. The lowest BCUT2D eigenvalue weighted by Crippen LogP contribution is -2.24. The molecule has 1 heterocycles. The average molecular weight is 209 g/mol. The van der Waals surface area contributed by atoms with Crippen LogP contribution in [0.15, 0.2) is 12.4 Å². The third-order valence-corrected chi connectivity index (χ3v) is 3.19. The Kier molecular flexibility index (Phi) is 3.07. The Morgan fingerprint density at radius 1 is 1.60 bits per heavy atom. The van der Waals surface area contributed by atoms with Crippen LogP contribution in [0.4, 0.5) is 0 Å². The van der Waals surface area contributed by atoms with Gasteiger partial charge in [-0.1, -0.05) is 0 Å². The summed E-state index contributed by atoms with van der Waals surface area (Å²) in [6.07, 6.45) is 7.37. The molecule has 2 N–H and O–H groups in total. The molecular weight excluding hydrogens is 190 g/mol. The highest BCUT2D eigenvalue weighted by atomic mass is 16.3. The number of aryl methyl sites for hydroxylation is 1.